The second-order valence-electron chi connectivity index (χ2n) is 5.74. The van der Waals surface area contributed by atoms with Gasteiger partial charge in [0.2, 0.25) is 0 Å². The molecule has 0 spiro atoms. The first-order chi connectivity index (χ1) is 13.1. The molecule has 2 aromatic carbocycles. The molecule has 1 N–H and O–H groups in total. The molecule has 1 amide bonds. The number of amides is 1. The summed E-state index contributed by atoms with van der Waals surface area (Å²) in [4.78, 5) is 12.5. The maximum absolute atomic E-state index is 12.5. The summed E-state index contributed by atoms with van der Waals surface area (Å²) < 4.78 is 11.7. The van der Waals surface area contributed by atoms with Gasteiger partial charge in [-0.3, -0.25) is 4.79 Å². The summed E-state index contributed by atoms with van der Waals surface area (Å²) >= 11 is 3.41. The number of nitriles is 1. The maximum atomic E-state index is 12.5. The Morgan fingerprint density at radius 2 is 2.00 bits per heavy atom. The van der Waals surface area contributed by atoms with Crippen molar-refractivity contribution in [2.75, 3.05) is 19.0 Å². The number of benzene rings is 2. The first kappa shape index (κ1) is 20.5. The second-order valence-corrected chi connectivity index (χ2v) is 6.65. The molecular formula is C21H21BrN2O3. The van der Waals surface area contributed by atoms with Crippen LogP contribution >= 0.6 is 15.9 Å². The van der Waals surface area contributed by atoms with E-state index in [9.17, 15) is 10.1 Å². The average Bonchev–Trinajstić information content (AvgIpc) is 2.68. The van der Waals surface area contributed by atoms with Crippen LogP contribution in [0.15, 0.2) is 52.5 Å². The number of carbonyl (C=O) groups excluding carboxylic acids is 1. The molecule has 0 aliphatic rings. The average molecular weight is 429 g/mol. The van der Waals surface area contributed by atoms with Gasteiger partial charge in [0.05, 0.1) is 13.7 Å². The largest absolute Gasteiger partial charge is 0.497 e. The Morgan fingerprint density at radius 1 is 1.26 bits per heavy atom. The van der Waals surface area contributed by atoms with Crippen molar-refractivity contribution in [3.05, 3.63) is 58.1 Å². The first-order valence-corrected chi connectivity index (χ1v) is 9.36. The molecule has 0 bridgehead atoms. The topological polar surface area (TPSA) is 71.3 Å². The molecule has 0 aromatic heterocycles. The highest BCUT2D eigenvalue weighted by molar-refractivity contribution is 9.10. The Bertz CT molecular complexity index is 855. The number of unbranched alkanes of at least 4 members (excludes halogenated alkanes) is 1. The van der Waals surface area contributed by atoms with Crippen molar-refractivity contribution >= 4 is 33.6 Å². The number of anilines is 1. The van der Waals surface area contributed by atoms with Crippen molar-refractivity contribution in [1.29, 1.82) is 5.26 Å². The Morgan fingerprint density at radius 3 is 2.63 bits per heavy atom. The number of nitrogens with zero attached hydrogens (tertiary/aromatic N) is 1. The van der Waals surface area contributed by atoms with E-state index in [0.717, 1.165) is 17.3 Å². The molecule has 0 saturated carbocycles. The van der Waals surface area contributed by atoms with Crippen molar-refractivity contribution in [3.63, 3.8) is 0 Å². The van der Waals surface area contributed by atoms with Crippen LogP contribution in [0.5, 0.6) is 11.5 Å². The molecule has 5 nitrogen and oxygen atoms in total. The normalized spacial score (nSPS) is 10.8. The number of methoxy groups -OCH3 is 1. The number of hydrogen-bond donors (Lipinski definition) is 1. The molecule has 6 heteroatoms. The van der Waals surface area contributed by atoms with Gasteiger partial charge in [-0.15, -0.1) is 0 Å². The standard InChI is InChI=1S/C21H21BrN2O3/c1-3-4-11-27-20-10-5-17(22)13-15(20)12-16(14-23)21(25)24-18-6-8-19(26-2)9-7-18/h5-10,12-13H,3-4,11H2,1-2H3,(H,24,25)/b16-12-. The molecule has 0 aliphatic heterocycles. The molecule has 0 fully saturated rings. The fourth-order valence-electron chi connectivity index (χ4n) is 2.27. The van der Waals surface area contributed by atoms with Crippen LogP contribution in [0, 0.1) is 11.3 Å². The third-order valence-electron chi connectivity index (χ3n) is 3.74. The first-order valence-electron chi connectivity index (χ1n) is 8.57. The van der Waals surface area contributed by atoms with E-state index in [0.29, 0.717) is 29.4 Å². The summed E-state index contributed by atoms with van der Waals surface area (Å²) in [7, 11) is 1.57. The monoisotopic (exact) mass is 428 g/mol. The number of rotatable bonds is 8. The minimum Gasteiger partial charge on any atom is -0.497 e. The number of halogens is 1. The van der Waals surface area contributed by atoms with Gasteiger partial charge in [-0.2, -0.15) is 5.26 Å². The fourth-order valence-corrected chi connectivity index (χ4v) is 2.65. The van der Waals surface area contributed by atoms with E-state index in [2.05, 4.69) is 28.2 Å². The lowest BCUT2D eigenvalue weighted by atomic mass is 10.1. The number of hydrogen-bond acceptors (Lipinski definition) is 4. The molecule has 0 atom stereocenters. The molecule has 27 heavy (non-hydrogen) atoms. The molecule has 0 saturated heterocycles. The highest BCUT2D eigenvalue weighted by Gasteiger charge is 2.12. The summed E-state index contributed by atoms with van der Waals surface area (Å²) in [5.41, 5.74) is 1.24. The molecule has 2 rings (SSSR count). The smallest absolute Gasteiger partial charge is 0.266 e. The van der Waals surface area contributed by atoms with Crippen LogP contribution in [0.25, 0.3) is 6.08 Å². The van der Waals surface area contributed by atoms with Gasteiger partial charge in [-0.25, -0.2) is 0 Å². The van der Waals surface area contributed by atoms with Crippen LogP contribution in [-0.2, 0) is 4.79 Å². The van der Waals surface area contributed by atoms with Crippen LogP contribution < -0.4 is 14.8 Å². The SMILES string of the molecule is CCCCOc1ccc(Br)cc1/C=C(/C#N)C(=O)Nc1ccc(OC)cc1. The van der Waals surface area contributed by atoms with Crippen LogP contribution in [-0.4, -0.2) is 19.6 Å². The van der Waals surface area contributed by atoms with Gasteiger partial charge in [0.25, 0.3) is 5.91 Å². The minimum atomic E-state index is -0.484. The van der Waals surface area contributed by atoms with Gasteiger partial charge < -0.3 is 14.8 Å². The maximum Gasteiger partial charge on any atom is 0.266 e. The lowest BCUT2D eigenvalue weighted by molar-refractivity contribution is -0.112. The molecule has 140 valence electrons. The Hall–Kier alpha value is -2.78. The van der Waals surface area contributed by atoms with Crippen molar-refractivity contribution in [1.82, 2.24) is 0 Å². The van der Waals surface area contributed by atoms with Gasteiger partial charge in [0.15, 0.2) is 0 Å². The van der Waals surface area contributed by atoms with Crippen molar-refractivity contribution in [2.24, 2.45) is 0 Å². The van der Waals surface area contributed by atoms with E-state index in [1.54, 1.807) is 31.4 Å². The van der Waals surface area contributed by atoms with Gasteiger partial charge >= 0.3 is 0 Å². The van der Waals surface area contributed by atoms with E-state index < -0.39 is 5.91 Å². The summed E-state index contributed by atoms with van der Waals surface area (Å²) in [5.74, 6) is 0.839. The summed E-state index contributed by atoms with van der Waals surface area (Å²) in [6.07, 6.45) is 3.49. The lowest BCUT2D eigenvalue weighted by Crippen LogP contribution is -2.13. The molecular weight excluding hydrogens is 408 g/mol. The Balaban J connectivity index is 2.22. The molecule has 0 heterocycles. The molecule has 2 aromatic rings. The van der Waals surface area contributed by atoms with Crippen molar-refractivity contribution in [2.45, 2.75) is 19.8 Å². The second kappa shape index (κ2) is 10.4. The summed E-state index contributed by atoms with van der Waals surface area (Å²) in [6.45, 7) is 2.67. The van der Waals surface area contributed by atoms with E-state index in [-0.39, 0.29) is 5.57 Å². The highest BCUT2D eigenvalue weighted by atomic mass is 79.9. The fraction of sp³-hybridized carbons (Fsp3) is 0.238. The summed E-state index contributed by atoms with van der Waals surface area (Å²) in [6, 6.07) is 14.4. The van der Waals surface area contributed by atoms with Gasteiger partial charge in [-0.1, -0.05) is 29.3 Å². The predicted molar refractivity (Wildman–Crippen MR) is 110 cm³/mol. The van der Waals surface area contributed by atoms with Crippen LogP contribution in [0.2, 0.25) is 0 Å². The number of nitrogens with one attached hydrogen (secondary N) is 1. The van der Waals surface area contributed by atoms with Gasteiger partial charge in [0.1, 0.15) is 23.1 Å². The van der Waals surface area contributed by atoms with E-state index in [1.807, 2.05) is 24.3 Å². The number of carbonyl (C=O) groups is 1. The third kappa shape index (κ3) is 6.15. The molecule has 0 unspecified atom stereocenters. The van der Waals surface area contributed by atoms with Crippen LogP contribution in [0.3, 0.4) is 0 Å². The van der Waals surface area contributed by atoms with Crippen molar-refractivity contribution in [3.8, 4) is 17.6 Å². The van der Waals surface area contributed by atoms with Gasteiger partial charge in [-0.05, 0) is 55.0 Å². The quantitative estimate of drug-likeness (QED) is 0.357. The highest BCUT2D eigenvalue weighted by Crippen LogP contribution is 2.26. The lowest BCUT2D eigenvalue weighted by Gasteiger charge is -2.10. The van der Waals surface area contributed by atoms with E-state index in [1.165, 1.54) is 6.08 Å². The van der Waals surface area contributed by atoms with E-state index >= 15 is 0 Å². The summed E-state index contributed by atoms with van der Waals surface area (Å²) in [5, 5.41) is 12.2. The van der Waals surface area contributed by atoms with Crippen LogP contribution in [0.1, 0.15) is 25.3 Å². The third-order valence-corrected chi connectivity index (χ3v) is 4.23. The van der Waals surface area contributed by atoms with Crippen molar-refractivity contribution < 1.29 is 14.3 Å². The molecule has 0 aliphatic carbocycles. The van der Waals surface area contributed by atoms with E-state index in [4.69, 9.17) is 9.47 Å². The zero-order valence-electron chi connectivity index (χ0n) is 15.3. The van der Waals surface area contributed by atoms with Gasteiger partial charge in [0, 0.05) is 15.7 Å². The number of ether oxygens (including phenoxy) is 2. The molecule has 0 radical (unpaired) electrons. The Labute approximate surface area is 167 Å². The Kier molecular flexibility index (Phi) is 7.90. The minimum absolute atomic E-state index is 0.00994. The predicted octanol–water partition coefficient (Wildman–Crippen LogP) is 5.18. The van der Waals surface area contributed by atoms with Crippen LogP contribution in [0.4, 0.5) is 5.69 Å². The zero-order valence-corrected chi connectivity index (χ0v) is 16.9. The zero-order chi connectivity index (χ0) is 19.6.